The molecule has 0 unspecified atom stereocenters. The van der Waals surface area contributed by atoms with Gasteiger partial charge in [-0.15, -0.1) is 0 Å². The minimum Gasteiger partial charge on any atom is -0.326 e. The first-order chi connectivity index (χ1) is 4.77. The Kier molecular flexibility index (Phi) is 3.20. The molecule has 0 fully saturated rings. The molecule has 0 rings (SSSR count). The van der Waals surface area contributed by atoms with Gasteiger partial charge in [0.25, 0.3) is 0 Å². The lowest BCUT2D eigenvalue weighted by Gasteiger charge is -2.28. The highest BCUT2D eigenvalue weighted by Gasteiger charge is 2.18. The number of hydrogen-bond acceptors (Lipinski definition) is 1. The zero-order valence-corrected chi connectivity index (χ0v) is 8.29. The van der Waals surface area contributed by atoms with Crippen molar-refractivity contribution in [3.63, 3.8) is 0 Å². The van der Waals surface area contributed by atoms with Crippen LogP contribution in [0, 0.1) is 0 Å². The summed E-state index contributed by atoms with van der Waals surface area (Å²) in [6.07, 6.45) is 0.982. The Hall–Kier alpha value is -0.410. The zero-order chi connectivity index (χ0) is 9.12. The van der Waals surface area contributed by atoms with Gasteiger partial charge in [-0.3, -0.25) is 4.48 Å². The van der Waals surface area contributed by atoms with Crippen molar-refractivity contribution in [1.29, 1.82) is 0 Å². The number of hydrogen-bond donors (Lipinski definition) is 0. The Morgan fingerprint density at radius 2 is 1.45 bits per heavy atom. The molecule has 0 bridgehead atoms. The molecular formula is C8H20N2O+2. The van der Waals surface area contributed by atoms with Crippen molar-refractivity contribution in [3.05, 3.63) is 0 Å². The molecule has 0 aliphatic heterocycles. The molecular weight excluding hydrogens is 140 g/mol. The highest BCUT2D eigenvalue weighted by molar-refractivity contribution is 5.36. The van der Waals surface area contributed by atoms with Crippen molar-refractivity contribution in [2.45, 2.75) is 0 Å². The quantitative estimate of drug-likeness (QED) is 0.415. The van der Waals surface area contributed by atoms with Gasteiger partial charge in [0.05, 0.1) is 35.2 Å². The van der Waals surface area contributed by atoms with Gasteiger partial charge in [0.15, 0.2) is 0 Å². The molecule has 0 aromatic heterocycles. The lowest BCUT2D eigenvalue weighted by molar-refractivity contribution is -0.903. The SMILES string of the molecule is C[N+](C)(C)CC[N+](C)(C)C=O. The molecule has 0 aliphatic carbocycles. The average molecular weight is 160 g/mol. The van der Waals surface area contributed by atoms with Gasteiger partial charge in [-0.1, -0.05) is 0 Å². The van der Waals surface area contributed by atoms with Crippen LogP contribution in [-0.2, 0) is 4.79 Å². The lowest BCUT2D eigenvalue weighted by Crippen LogP contribution is -2.48. The first kappa shape index (κ1) is 10.6. The zero-order valence-electron chi connectivity index (χ0n) is 8.29. The molecule has 1 amide bonds. The number of likely N-dealkylation sites (N-methyl/N-ethyl adjacent to an activating group) is 2. The van der Waals surface area contributed by atoms with E-state index in [1.165, 1.54) is 0 Å². The van der Waals surface area contributed by atoms with E-state index in [1.54, 1.807) is 0 Å². The van der Waals surface area contributed by atoms with Crippen molar-refractivity contribution in [2.24, 2.45) is 0 Å². The molecule has 0 atom stereocenters. The third kappa shape index (κ3) is 6.01. The van der Waals surface area contributed by atoms with Crippen molar-refractivity contribution in [1.82, 2.24) is 0 Å². The highest BCUT2D eigenvalue weighted by Crippen LogP contribution is 1.95. The van der Waals surface area contributed by atoms with Crippen molar-refractivity contribution < 1.29 is 13.8 Å². The largest absolute Gasteiger partial charge is 0.326 e. The molecule has 3 heteroatoms. The maximum atomic E-state index is 10.5. The molecule has 0 radical (unpaired) electrons. The molecule has 0 aliphatic rings. The van der Waals surface area contributed by atoms with E-state index in [4.69, 9.17) is 0 Å². The van der Waals surface area contributed by atoms with Crippen LogP contribution in [0.5, 0.6) is 0 Å². The smallest absolute Gasteiger partial charge is 0.301 e. The van der Waals surface area contributed by atoms with E-state index in [2.05, 4.69) is 21.1 Å². The molecule has 0 aromatic carbocycles. The van der Waals surface area contributed by atoms with Crippen molar-refractivity contribution >= 4 is 6.41 Å². The molecule has 0 saturated heterocycles. The summed E-state index contributed by atoms with van der Waals surface area (Å²) in [4.78, 5) is 10.5. The van der Waals surface area contributed by atoms with Crippen molar-refractivity contribution in [3.8, 4) is 0 Å². The molecule has 66 valence electrons. The first-order valence-corrected chi connectivity index (χ1v) is 3.86. The summed E-state index contributed by atoms with van der Waals surface area (Å²) in [5.74, 6) is 0. The van der Waals surface area contributed by atoms with E-state index >= 15 is 0 Å². The fourth-order valence-electron chi connectivity index (χ4n) is 0.610. The summed E-state index contributed by atoms with van der Waals surface area (Å²) in [6, 6.07) is 0. The molecule has 11 heavy (non-hydrogen) atoms. The molecule has 0 heterocycles. The maximum absolute atomic E-state index is 10.5. The van der Waals surface area contributed by atoms with Crippen LogP contribution < -0.4 is 0 Å². The topological polar surface area (TPSA) is 17.1 Å². The van der Waals surface area contributed by atoms with Crippen LogP contribution in [0.1, 0.15) is 0 Å². The van der Waals surface area contributed by atoms with Gasteiger partial charge in [-0.2, -0.15) is 0 Å². The number of carbonyl (C=O) groups excluding carboxylic acids is 1. The Balaban J connectivity index is 3.79. The van der Waals surface area contributed by atoms with Gasteiger partial charge in [0, 0.05) is 0 Å². The summed E-state index contributed by atoms with van der Waals surface area (Å²) >= 11 is 0. The second-order valence-electron chi connectivity index (χ2n) is 4.62. The number of quaternary nitrogens is 2. The van der Waals surface area contributed by atoms with Crippen LogP contribution in [0.2, 0.25) is 0 Å². The normalized spacial score (nSPS) is 13.2. The summed E-state index contributed by atoms with van der Waals surface area (Å²) < 4.78 is 1.37. The van der Waals surface area contributed by atoms with Gasteiger partial charge in [-0.05, 0) is 0 Å². The van der Waals surface area contributed by atoms with E-state index in [0.717, 1.165) is 24.0 Å². The van der Waals surface area contributed by atoms with Crippen LogP contribution in [0.3, 0.4) is 0 Å². The Morgan fingerprint density at radius 3 is 1.73 bits per heavy atom. The molecule has 3 nitrogen and oxygen atoms in total. The molecule has 0 saturated carbocycles. The summed E-state index contributed by atoms with van der Waals surface area (Å²) in [5, 5.41) is 0. The Morgan fingerprint density at radius 1 is 1.00 bits per heavy atom. The predicted octanol–water partition coefficient (Wildman–Crippen LogP) is -0.0746. The fourth-order valence-corrected chi connectivity index (χ4v) is 0.610. The van der Waals surface area contributed by atoms with Gasteiger partial charge in [0.2, 0.25) is 0 Å². The lowest BCUT2D eigenvalue weighted by atomic mass is 10.4. The summed E-state index contributed by atoms with van der Waals surface area (Å²) in [5.41, 5.74) is 0. The van der Waals surface area contributed by atoms with E-state index < -0.39 is 0 Å². The Labute approximate surface area is 69.4 Å². The van der Waals surface area contributed by atoms with Gasteiger partial charge in [0.1, 0.15) is 13.1 Å². The first-order valence-electron chi connectivity index (χ1n) is 3.86. The van der Waals surface area contributed by atoms with Gasteiger partial charge in [-0.25, -0.2) is 4.79 Å². The van der Waals surface area contributed by atoms with Gasteiger partial charge < -0.3 is 4.48 Å². The molecule has 0 aromatic rings. The third-order valence-electron chi connectivity index (χ3n) is 1.63. The standard InChI is InChI=1S/C8H20N2O/c1-9(2,3)6-7-10(4,5)8-11/h8H,6-7H2,1-5H3/q+2. The van der Waals surface area contributed by atoms with E-state index in [1.807, 2.05) is 14.1 Å². The second-order valence-corrected chi connectivity index (χ2v) is 4.62. The summed E-state index contributed by atoms with van der Waals surface area (Å²) in [7, 11) is 10.2. The van der Waals surface area contributed by atoms with Crippen molar-refractivity contribution in [2.75, 3.05) is 48.3 Å². The van der Waals surface area contributed by atoms with Crippen LogP contribution in [0.15, 0.2) is 0 Å². The van der Waals surface area contributed by atoms with E-state index in [0.29, 0.717) is 4.48 Å². The van der Waals surface area contributed by atoms with Crippen LogP contribution >= 0.6 is 0 Å². The van der Waals surface area contributed by atoms with E-state index in [9.17, 15) is 4.79 Å². The monoisotopic (exact) mass is 160 g/mol. The Bertz CT molecular complexity index is 136. The molecule has 0 N–H and O–H groups in total. The van der Waals surface area contributed by atoms with Crippen LogP contribution in [0.25, 0.3) is 0 Å². The third-order valence-corrected chi connectivity index (χ3v) is 1.63. The van der Waals surface area contributed by atoms with Crippen LogP contribution in [0.4, 0.5) is 0 Å². The average Bonchev–Trinajstić information content (AvgIpc) is 1.83. The fraction of sp³-hybridized carbons (Fsp3) is 0.875. The maximum Gasteiger partial charge on any atom is 0.301 e. The number of amides is 1. The second kappa shape index (κ2) is 3.32. The predicted molar refractivity (Wildman–Crippen MR) is 45.9 cm³/mol. The minimum atomic E-state index is 0.454. The summed E-state index contributed by atoms with van der Waals surface area (Å²) in [6.45, 7) is 1.92. The number of rotatable bonds is 4. The van der Waals surface area contributed by atoms with Crippen LogP contribution in [-0.4, -0.2) is 63.7 Å². The molecule has 0 spiro atoms. The number of carbonyl (C=O) groups is 1. The van der Waals surface area contributed by atoms with E-state index in [-0.39, 0.29) is 0 Å². The minimum absolute atomic E-state index is 0.454. The highest BCUT2D eigenvalue weighted by atomic mass is 16.1. The number of nitrogens with zero attached hydrogens (tertiary/aromatic N) is 2. The van der Waals surface area contributed by atoms with Gasteiger partial charge >= 0.3 is 6.41 Å².